The third-order valence-corrected chi connectivity index (χ3v) is 2.82. The quantitative estimate of drug-likeness (QED) is 0.778. The van der Waals surface area contributed by atoms with Gasteiger partial charge in [0.1, 0.15) is 5.75 Å². The second-order valence-corrected chi connectivity index (χ2v) is 3.97. The first kappa shape index (κ1) is 11.9. The molecule has 15 heavy (non-hydrogen) atoms. The molecule has 1 rings (SSSR count). The van der Waals surface area contributed by atoms with Crippen LogP contribution in [0.15, 0.2) is 29.2 Å². The third-order valence-electron chi connectivity index (χ3n) is 1.80. The minimum Gasteiger partial charge on any atom is -0.497 e. The summed E-state index contributed by atoms with van der Waals surface area (Å²) in [7, 11) is 1.64. The first-order valence-corrected chi connectivity index (χ1v) is 5.78. The number of ether oxygens (including phenoxy) is 1. The molecule has 0 atom stereocenters. The normalized spacial score (nSPS) is 9.73. The van der Waals surface area contributed by atoms with Gasteiger partial charge in [0.15, 0.2) is 0 Å². The Balaban J connectivity index is 2.40. The van der Waals surface area contributed by atoms with Gasteiger partial charge in [0, 0.05) is 11.4 Å². The highest BCUT2D eigenvalue weighted by Gasteiger charge is 2.01. The minimum absolute atomic E-state index is 0.0679. The molecule has 0 bridgehead atoms. The molecule has 0 spiro atoms. The van der Waals surface area contributed by atoms with E-state index in [1.807, 2.05) is 31.2 Å². The lowest BCUT2D eigenvalue weighted by molar-refractivity contribution is -0.118. The van der Waals surface area contributed by atoms with Crippen molar-refractivity contribution in [2.24, 2.45) is 0 Å². The molecule has 0 aliphatic rings. The molecule has 1 aromatic rings. The lowest BCUT2D eigenvalue weighted by Crippen LogP contribution is -2.24. The number of rotatable bonds is 5. The number of methoxy groups -OCH3 is 1. The Morgan fingerprint density at radius 1 is 1.40 bits per heavy atom. The van der Waals surface area contributed by atoms with Crippen molar-refractivity contribution in [2.75, 3.05) is 19.4 Å². The van der Waals surface area contributed by atoms with Crippen LogP contribution in [0, 0.1) is 0 Å². The molecule has 4 heteroatoms. The van der Waals surface area contributed by atoms with Crippen LogP contribution in [0.2, 0.25) is 0 Å². The highest BCUT2D eigenvalue weighted by atomic mass is 32.2. The van der Waals surface area contributed by atoms with Crippen molar-refractivity contribution in [1.29, 1.82) is 0 Å². The lowest BCUT2D eigenvalue weighted by Gasteiger charge is -2.03. The lowest BCUT2D eigenvalue weighted by atomic mass is 10.3. The van der Waals surface area contributed by atoms with Gasteiger partial charge in [-0.15, -0.1) is 11.8 Å². The largest absolute Gasteiger partial charge is 0.497 e. The number of carbonyl (C=O) groups is 1. The van der Waals surface area contributed by atoms with Crippen LogP contribution in [-0.4, -0.2) is 25.3 Å². The zero-order valence-corrected chi connectivity index (χ0v) is 9.76. The highest BCUT2D eigenvalue weighted by Crippen LogP contribution is 2.20. The van der Waals surface area contributed by atoms with E-state index >= 15 is 0 Å². The summed E-state index contributed by atoms with van der Waals surface area (Å²) in [6, 6.07) is 7.67. The van der Waals surface area contributed by atoms with Gasteiger partial charge in [0.2, 0.25) is 5.91 Å². The van der Waals surface area contributed by atoms with E-state index in [4.69, 9.17) is 4.74 Å². The van der Waals surface area contributed by atoms with Crippen LogP contribution >= 0.6 is 11.8 Å². The summed E-state index contributed by atoms with van der Waals surface area (Å²) in [5, 5.41) is 2.75. The van der Waals surface area contributed by atoms with Crippen LogP contribution in [0.4, 0.5) is 0 Å². The smallest absolute Gasteiger partial charge is 0.230 e. The van der Waals surface area contributed by atoms with Gasteiger partial charge in [-0.1, -0.05) is 0 Å². The molecule has 0 radical (unpaired) electrons. The summed E-state index contributed by atoms with van der Waals surface area (Å²) in [4.78, 5) is 12.3. The fourth-order valence-electron chi connectivity index (χ4n) is 1.07. The molecule has 0 aliphatic heterocycles. The Hall–Kier alpha value is -1.16. The van der Waals surface area contributed by atoms with Crippen LogP contribution < -0.4 is 10.1 Å². The standard InChI is InChI=1S/C11H15NO2S/c1-3-12-11(13)8-15-10-6-4-9(14-2)5-7-10/h4-7H,3,8H2,1-2H3,(H,12,13). The molecule has 0 saturated carbocycles. The maximum atomic E-state index is 11.2. The minimum atomic E-state index is 0.0679. The zero-order chi connectivity index (χ0) is 11.1. The summed E-state index contributed by atoms with van der Waals surface area (Å²) in [5.41, 5.74) is 0. The van der Waals surface area contributed by atoms with Crippen molar-refractivity contribution in [3.05, 3.63) is 24.3 Å². The average Bonchev–Trinajstić information content (AvgIpc) is 2.27. The highest BCUT2D eigenvalue weighted by molar-refractivity contribution is 8.00. The second-order valence-electron chi connectivity index (χ2n) is 2.92. The van der Waals surface area contributed by atoms with Crippen LogP contribution in [0.25, 0.3) is 0 Å². The maximum Gasteiger partial charge on any atom is 0.230 e. The Labute approximate surface area is 94.2 Å². The van der Waals surface area contributed by atoms with Crippen LogP contribution in [-0.2, 0) is 4.79 Å². The Morgan fingerprint density at radius 3 is 2.60 bits per heavy atom. The molecule has 82 valence electrons. The van der Waals surface area contributed by atoms with Crippen LogP contribution in [0.3, 0.4) is 0 Å². The molecule has 1 N–H and O–H groups in total. The summed E-state index contributed by atoms with van der Waals surface area (Å²) in [6.45, 7) is 2.60. The second kappa shape index (κ2) is 6.35. The predicted molar refractivity (Wildman–Crippen MR) is 62.4 cm³/mol. The predicted octanol–water partition coefficient (Wildman–Crippen LogP) is 1.92. The molecular formula is C11H15NO2S. The number of nitrogens with one attached hydrogen (secondary N) is 1. The summed E-state index contributed by atoms with van der Waals surface area (Å²) in [5.74, 6) is 1.36. The van der Waals surface area contributed by atoms with Gasteiger partial charge in [0.05, 0.1) is 12.9 Å². The van der Waals surface area contributed by atoms with Crippen LogP contribution in [0.1, 0.15) is 6.92 Å². The summed E-state index contributed by atoms with van der Waals surface area (Å²) >= 11 is 1.52. The Kier molecular flexibility index (Phi) is 5.04. The van der Waals surface area contributed by atoms with Gasteiger partial charge in [0.25, 0.3) is 0 Å². The third kappa shape index (κ3) is 4.25. The van der Waals surface area contributed by atoms with Crippen molar-refractivity contribution in [2.45, 2.75) is 11.8 Å². The SMILES string of the molecule is CCNC(=O)CSc1ccc(OC)cc1. The summed E-state index contributed by atoms with van der Waals surface area (Å²) in [6.07, 6.45) is 0. The molecule has 0 unspecified atom stereocenters. The van der Waals surface area contributed by atoms with Gasteiger partial charge in [-0.25, -0.2) is 0 Å². The fraction of sp³-hybridized carbons (Fsp3) is 0.364. The molecule has 3 nitrogen and oxygen atoms in total. The van der Waals surface area contributed by atoms with E-state index in [-0.39, 0.29) is 5.91 Å². The number of amides is 1. The zero-order valence-electron chi connectivity index (χ0n) is 8.95. The van der Waals surface area contributed by atoms with E-state index in [1.165, 1.54) is 11.8 Å². The molecule has 1 aromatic carbocycles. The van der Waals surface area contributed by atoms with Crippen molar-refractivity contribution < 1.29 is 9.53 Å². The number of benzene rings is 1. The molecule has 1 amide bonds. The number of thioether (sulfide) groups is 1. The van der Waals surface area contributed by atoms with Crippen molar-refractivity contribution >= 4 is 17.7 Å². The van der Waals surface area contributed by atoms with E-state index in [2.05, 4.69) is 5.32 Å². The monoisotopic (exact) mass is 225 g/mol. The van der Waals surface area contributed by atoms with Crippen molar-refractivity contribution in [3.8, 4) is 5.75 Å². The molecule has 0 saturated heterocycles. The Bertz CT molecular complexity index is 311. The van der Waals surface area contributed by atoms with E-state index in [0.717, 1.165) is 10.6 Å². The van der Waals surface area contributed by atoms with Gasteiger partial charge in [-0.2, -0.15) is 0 Å². The van der Waals surface area contributed by atoms with Crippen LogP contribution in [0.5, 0.6) is 5.75 Å². The molecule has 0 aliphatic carbocycles. The van der Waals surface area contributed by atoms with Gasteiger partial charge in [-0.3, -0.25) is 4.79 Å². The van der Waals surface area contributed by atoms with Crippen molar-refractivity contribution in [1.82, 2.24) is 5.32 Å². The first-order valence-electron chi connectivity index (χ1n) is 4.79. The van der Waals surface area contributed by atoms with Gasteiger partial charge >= 0.3 is 0 Å². The topological polar surface area (TPSA) is 38.3 Å². The maximum absolute atomic E-state index is 11.2. The molecule has 0 heterocycles. The van der Waals surface area contributed by atoms with Crippen molar-refractivity contribution in [3.63, 3.8) is 0 Å². The van der Waals surface area contributed by atoms with E-state index in [0.29, 0.717) is 12.3 Å². The van der Waals surface area contributed by atoms with E-state index < -0.39 is 0 Å². The van der Waals surface area contributed by atoms with E-state index in [1.54, 1.807) is 7.11 Å². The summed E-state index contributed by atoms with van der Waals surface area (Å²) < 4.78 is 5.04. The fourth-order valence-corrected chi connectivity index (χ4v) is 1.80. The first-order chi connectivity index (χ1) is 7.26. The van der Waals surface area contributed by atoms with Gasteiger partial charge in [-0.05, 0) is 31.2 Å². The van der Waals surface area contributed by atoms with E-state index in [9.17, 15) is 4.79 Å². The average molecular weight is 225 g/mol. The number of carbonyl (C=O) groups excluding carboxylic acids is 1. The number of hydrogen-bond donors (Lipinski definition) is 1. The number of hydrogen-bond acceptors (Lipinski definition) is 3. The molecule has 0 aromatic heterocycles. The molecule has 0 fully saturated rings. The van der Waals surface area contributed by atoms with Gasteiger partial charge < -0.3 is 10.1 Å². The molecular weight excluding hydrogens is 210 g/mol. The Morgan fingerprint density at radius 2 is 2.07 bits per heavy atom.